The van der Waals surface area contributed by atoms with Crippen LogP contribution in [0.4, 0.5) is 8.78 Å². The summed E-state index contributed by atoms with van der Waals surface area (Å²) in [5.41, 5.74) is 4.75. The lowest BCUT2D eigenvalue weighted by molar-refractivity contribution is 0.105. The Morgan fingerprint density at radius 2 is 2.00 bits per heavy atom. The van der Waals surface area contributed by atoms with Gasteiger partial charge in [-0.2, -0.15) is 0 Å². The molecule has 0 radical (unpaired) electrons. The van der Waals surface area contributed by atoms with Gasteiger partial charge in [0.1, 0.15) is 6.17 Å². The van der Waals surface area contributed by atoms with Crippen molar-refractivity contribution in [3.05, 3.63) is 0 Å². The Hall–Kier alpha value is -0.220. The van der Waals surface area contributed by atoms with Crippen LogP contribution in [0.15, 0.2) is 0 Å². The molecule has 3 N–H and O–H groups in total. The van der Waals surface area contributed by atoms with Crippen molar-refractivity contribution in [1.29, 1.82) is 0 Å². The third-order valence-electron chi connectivity index (χ3n) is 0.605. The van der Waals surface area contributed by atoms with Gasteiger partial charge in [-0.1, -0.05) is 0 Å². The maximum atomic E-state index is 11.2. The molecule has 0 aromatic carbocycles. The number of halogens is 2. The summed E-state index contributed by atoms with van der Waals surface area (Å²) in [6.45, 7) is 0. The van der Waals surface area contributed by atoms with E-state index in [0.29, 0.717) is 0 Å². The lowest BCUT2D eigenvalue weighted by Gasteiger charge is -2.05. The Bertz CT molecular complexity index is 48.2. The zero-order valence-electron chi connectivity index (χ0n) is 3.99. The fourth-order valence-electron chi connectivity index (χ4n) is 0.126. The van der Waals surface area contributed by atoms with E-state index in [4.69, 9.17) is 5.73 Å². The first-order valence-electron chi connectivity index (χ1n) is 1.89. The van der Waals surface area contributed by atoms with Crippen LogP contribution in [0.25, 0.3) is 0 Å². The molecule has 0 aliphatic rings. The summed E-state index contributed by atoms with van der Waals surface area (Å²) in [6, 6.07) is 0. The summed E-state index contributed by atoms with van der Waals surface area (Å²) in [6.07, 6.45) is -3.65. The molecule has 1 atom stereocenters. The van der Waals surface area contributed by atoms with E-state index in [1.165, 1.54) is 7.05 Å². The molecular weight excluding hydrogens is 102 g/mol. The van der Waals surface area contributed by atoms with E-state index >= 15 is 0 Å². The van der Waals surface area contributed by atoms with Gasteiger partial charge in [-0.25, -0.2) is 8.78 Å². The van der Waals surface area contributed by atoms with Crippen LogP contribution in [0.5, 0.6) is 0 Å². The minimum atomic E-state index is -2.47. The largest absolute Gasteiger partial charge is 0.311 e. The highest BCUT2D eigenvalue weighted by atomic mass is 19.3. The van der Waals surface area contributed by atoms with Gasteiger partial charge in [0.05, 0.1) is 0 Å². The third-order valence-corrected chi connectivity index (χ3v) is 0.605. The molecule has 0 bridgehead atoms. The molecule has 44 valence electrons. The summed E-state index contributed by atoms with van der Waals surface area (Å²) < 4.78 is 22.5. The second-order valence-electron chi connectivity index (χ2n) is 1.15. The SMILES string of the molecule is CNC(N)C(F)F. The van der Waals surface area contributed by atoms with E-state index in [9.17, 15) is 8.78 Å². The number of nitrogens with two attached hydrogens (primary N) is 1. The maximum Gasteiger partial charge on any atom is 0.266 e. The van der Waals surface area contributed by atoms with Crippen molar-refractivity contribution in [3.63, 3.8) is 0 Å². The van der Waals surface area contributed by atoms with E-state index in [1.807, 2.05) is 0 Å². The predicted octanol–water partition coefficient (Wildman–Crippen LogP) is -0.244. The molecule has 0 aliphatic carbocycles. The summed E-state index contributed by atoms with van der Waals surface area (Å²) in [5, 5.41) is 2.19. The van der Waals surface area contributed by atoms with Crippen LogP contribution in [0.3, 0.4) is 0 Å². The van der Waals surface area contributed by atoms with Gasteiger partial charge in [0.25, 0.3) is 6.43 Å². The van der Waals surface area contributed by atoms with Crippen LogP contribution >= 0.6 is 0 Å². The zero-order valence-corrected chi connectivity index (χ0v) is 3.99. The Labute approximate surface area is 40.7 Å². The van der Waals surface area contributed by atoms with E-state index < -0.39 is 12.6 Å². The second kappa shape index (κ2) is 2.87. The quantitative estimate of drug-likeness (QED) is 0.481. The monoisotopic (exact) mass is 110 g/mol. The normalized spacial score (nSPS) is 15.0. The first-order valence-corrected chi connectivity index (χ1v) is 1.89. The van der Waals surface area contributed by atoms with Crippen LogP contribution in [0, 0.1) is 0 Å². The van der Waals surface area contributed by atoms with Crippen molar-refractivity contribution in [1.82, 2.24) is 5.32 Å². The van der Waals surface area contributed by atoms with Crippen LogP contribution in [-0.2, 0) is 0 Å². The van der Waals surface area contributed by atoms with Crippen molar-refractivity contribution in [2.45, 2.75) is 12.6 Å². The fourth-order valence-corrected chi connectivity index (χ4v) is 0.126. The van der Waals surface area contributed by atoms with E-state index in [-0.39, 0.29) is 0 Å². The molecule has 0 rings (SSSR count). The smallest absolute Gasteiger partial charge is 0.266 e. The Balaban J connectivity index is 3.14. The minimum absolute atomic E-state index is 1.18. The number of hydrogen-bond acceptors (Lipinski definition) is 2. The summed E-state index contributed by atoms with van der Waals surface area (Å²) in [5.74, 6) is 0. The van der Waals surface area contributed by atoms with Crippen molar-refractivity contribution in [2.75, 3.05) is 7.05 Å². The average molecular weight is 110 g/mol. The number of hydrogen-bond donors (Lipinski definition) is 2. The van der Waals surface area contributed by atoms with Crippen LogP contribution in [0.1, 0.15) is 0 Å². The van der Waals surface area contributed by atoms with E-state index in [2.05, 4.69) is 5.32 Å². The van der Waals surface area contributed by atoms with Gasteiger partial charge in [0.15, 0.2) is 0 Å². The fraction of sp³-hybridized carbons (Fsp3) is 1.00. The van der Waals surface area contributed by atoms with Gasteiger partial charge in [0.2, 0.25) is 0 Å². The number of rotatable bonds is 2. The Morgan fingerprint density at radius 3 is 2.00 bits per heavy atom. The van der Waals surface area contributed by atoms with E-state index in [0.717, 1.165) is 0 Å². The Kier molecular flexibility index (Phi) is 2.78. The second-order valence-corrected chi connectivity index (χ2v) is 1.15. The molecule has 0 aliphatic heterocycles. The van der Waals surface area contributed by atoms with E-state index in [1.54, 1.807) is 0 Å². The molecule has 0 fully saturated rings. The van der Waals surface area contributed by atoms with Crippen LogP contribution in [0.2, 0.25) is 0 Å². The topological polar surface area (TPSA) is 38.0 Å². The van der Waals surface area contributed by atoms with Gasteiger partial charge < -0.3 is 11.1 Å². The van der Waals surface area contributed by atoms with Crippen LogP contribution < -0.4 is 11.1 Å². The maximum absolute atomic E-state index is 11.2. The van der Waals surface area contributed by atoms with Gasteiger partial charge in [0, 0.05) is 0 Å². The molecule has 2 nitrogen and oxygen atoms in total. The molecule has 0 saturated heterocycles. The highest BCUT2D eigenvalue weighted by Gasteiger charge is 2.10. The molecule has 0 heterocycles. The molecule has 4 heteroatoms. The van der Waals surface area contributed by atoms with Gasteiger partial charge >= 0.3 is 0 Å². The molecule has 0 aromatic rings. The molecule has 7 heavy (non-hydrogen) atoms. The molecule has 0 saturated carbocycles. The van der Waals surface area contributed by atoms with Crippen molar-refractivity contribution >= 4 is 0 Å². The van der Waals surface area contributed by atoms with Gasteiger partial charge in [-0.3, -0.25) is 0 Å². The predicted molar refractivity (Wildman–Crippen MR) is 23.0 cm³/mol. The van der Waals surface area contributed by atoms with Crippen molar-refractivity contribution in [2.24, 2.45) is 5.73 Å². The average Bonchev–Trinajstić information content (AvgIpc) is 1.65. The lowest BCUT2D eigenvalue weighted by atomic mass is 10.5. The molecular formula is C3H8F2N2. The summed E-state index contributed by atoms with van der Waals surface area (Å²) in [4.78, 5) is 0. The highest BCUT2D eigenvalue weighted by Crippen LogP contribution is 1.91. The lowest BCUT2D eigenvalue weighted by Crippen LogP contribution is -2.40. The third kappa shape index (κ3) is 2.47. The molecule has 0 spiro atoms. The summed E-state index contributed by atoms with van der Waals surface area (Å²) in [7, 11) is 1.39. The van der Waals surface area contributed by atoms with Crippen molar-refractivity contribution in [3.8, 4) is 0 Å². The van der Waals surface area contributed by atoms with Crippen molar-refractivity contribution < 1.29 is 8.78 Å². The first kappa shape index (κ1) is 6.78. The summed E-state index contributed by atoms with van der Waals surface area (Å²) >= 11 is 0. The zero-order chi connectivity index (χ0) is 5.86. The first-order chi connectivity index (χ1) is 3.18. The number of nitrogens with one attached hydrogen (secondary N) is 1. The van der Waals surface area contributed by atoms with Gasteiger partial charge in [-0.15, -0.1) is 0 Å². The minimum Gasteiger partial charge on any atom is -0.311 e. The molecule has 1 unspecified atom stereocenters. The molecule has 0 aromatic heterocycles. The van der Waals surface area contributed by atoms with Gasteiger partial charge in [-0.05, 0) is 7.05 Å². The number of alkyl halides is 2. The molecule has 0 amide bonds. The van der Waals surface area contributed by atoms with Crippen LogP contribution in [-0.4, -0.2) is 19.6 Å². The standard InChI is InChI=1S/C3H8F2N2/c1-7-3(6)2(4)5/h2-3,7H,6H2,1H3. The highest BCUT2D eigenvalue weighted by molar-refractivity contribution is 4.54. The Morgan fingerprint density at radius 1 is 1.57 bits per heavy atom.